The van der Waals surface area contributed by atoms with Crippen LogP contribution in [0.4, 0.5) is 23.5 Å². The van der Waals surface area contributed by atoms with Crippen molar-refractivity contribution in [1.82, 2.24) is 15.0 Å². The van der Waals surface area contributed by atoms with Crippen molar-refractivity contribution in [2.45, 2.75) is 0 Å². The van der Waals surface area contributed by atoms with Crippen LogP contribution in [0.5, 0.6) is 0 Å². The topological polar surface area (TPSA) is 131 Å². The zero-order chi connectivity index (χ0) is 22.5. The van der Waals surface area contributed by atoms with Gasteiger partial charge in [0, 0.05) is 37.8 Å². The fourth-order valence-corrected chi connectivity index (χ4v) is 3.67. The molecule has 1 aromatic carbocycles. The number of morpholine rings is 2. The van der Waals surface area contributed by atoms with E-state index in [1.165, 1.54) is 18.3 Å². The highest BCUT2D eigenvalue weighted by molar-refractivity contribution is 6.37. The van der Waals surface area contributed by atoms with E-state index >= 15 is 0 Å². The molecular formula is C18H20Cl2N8O4. The molecule has 14 heteroatoms. The van der Waals surface area contributed by atoms with Gasteiger partial charge < -0.3 is 19.3 Å². The molecule has 4 rings (SSSR count). The summed E-state index contributed by atoms with van der Waals surface area (Å²) in [5.74, 6) is 1.27. The number of benzene rings is 1. The van der Waals surface area contributed by atoms with Gasteiger partial charge in [-0.3, -0.25) is 10.1 Å². The summed E-state index contributed by atoms with van der Waals surface area (Å²) in [5, 5.41) is 15.4. The van der Waals surface area contributed by atoms with Crippen LogP contribution in [-0.2, 0) is 9.47 Å². The number of ether oxygens (including phenoxy) is 2. The molecule has 0 atom stereocenters. The Bertz CT molecular complexity index is 976. The zero-order valence-electron chi connectivity index (χ0n) is 16.9. The van der Waals surface area contributed by atoms with Crippen molar-refractivity contribution < 1.29 is 14.4 Å². The summed E-state index contributed by atoms with van der Waals surface area (Å²) in [6.07, 6.45) is 1.35. The number of anilines is 3. The molecule has 2 fully saturated rings. The minimum atomic E-state index is -0.585. The van der Waals surface area contributed by atoms with Gasteiger partial charge in [-0.1, -0.05) is 23.2 Å². The molecular weight excluding hydrogens is 463 g/mol. The Morgan fingerprint density at radius 1 is 0.969 bits per heavy atom. The first-order valence-corrected chi connectivity index (χ1v) is 10.6. The number of hydrogen-bond acceptors (Lipinski definition) is 11. The zero-order valence-corrected chi connectivity index (χ0v) is 18.4. The summed E-state index contributed by atoms with van der Waals surface area (Å²) in [7, 11) is 0. The number of nitro benzene ring substituents is 1. The van der Waals surface area contributed by atoms with Crippen molar-refractivity contribution in [2.24, 2.45) is 5.10 Å². The van der Waals surface area contributed by atoms with Crippen molar-refractivity contribution in [3.8, 4) is 0 Å². The van der Waals surface area contributed by atoms with Crippen LogP contribution in [0.25, 0.3) is 0 Å². The van der Waals surface area contributed by atoms with E-state index in [2.05, 4.69) is 25.5 Å². The average molecular weight is 483 g/mol. The van der Waals surface area contributed by atoms with Crippen LogP contribution in [0.1, 0.15) is 5.56 Å². The molecule has 3 heterocycles. The molecule has 0 amide bonds. The lowest BCUT2D eigenvalue weighted by molar-refractivity contribution is -0.384. The Morgan fingerprint density at radius 2 is 1.53 bits per heavy atom. The Kier molecular flexibility index (Phi) is 7.15. The normalized spacial score (nSPS) is 17.1. The van der Waals surface area contributed by atoms with E-state index in [1.54, 1.807) is 0 Å². The summed E-state index contributed by atoms with van der Waals surface area (Å²) in [4.78, 5) is 28.1. The van der Waals surface area contributed by atoms with Gasteiger partial charge in [0.15, 0.2) is 0 Å². The largest absolute Gasteiger partial charge is 0.378 e. The van der Waals surface area contributed by atoms with Gasteiger partial charge in [0.2, 0.25) is 17.8 Å². The summed E-state index contributed by atoms with van der Waals surface area (Å²) >= 11 is 12.0. The molecule has 2 aliphatic rings. The Morgan fingerprint density at radius 3 is 2.06 bits per heavy atom. The van der Waals surface area contributed by atoms with E-state index in [1.807, 2.05) is 9.80 Å². The SMILES string of the molecule is O=[N+]([O-])c1cc(/C=N/Nc2nc(N3CCOCC3)nc(N3CCOCC3)n2)c(Cl)cc1Cl. The van der Waals surface area contributed by atoms with Crippen LogP contribution < -0.4 is 15.2 Å². The first kappa shape index (κ1) is 22.4. The fraction of sp³-hybridized carbons (Fsp3) is 0.444. The minimum absolute atomic E-state index is 0.0483. The van der Waals surface area contributed by atoms with E-state index in [4.69, 9.17) is 32.7 Å². The highest BCUT2D eigenvalue weighted by Crippen LogP contribution is 2.30. The lowest BCUT2D eigenvalue weighted by Gasteiger charge is -2.30. The van der Waals surface area contributed by atoms with E-state index < -0.39 is 4.92 Å². The van der Waals surface area contributed by atoms with Crippen LogP contribution >= 0.6 is 23.2 Å². The second kappa shape index (κ2) is 10.2. The molecule has 2 aliphatic heterocycles. The van der Waals surface area contributed by atoms with Crippen LogP contribution in [0, 0.1) is 10.1 Å². The smallest absolute Gasteiger partial charge is 0.288 e. The molecule has 0 spiro atoms. The van der Waals surface area contributed by atoms with Gasteiger partial charge in [-0.2, -0.15) is 20.1 Å². The number of nitro groups is 1. The van der Waals surface area contributed by atoms with Gasteiger partial charge >= 0.3 is 0 Å². The van der Waals surface area contributed by atoms with Gasteiger partial charge in [0.25, 0.3) is 5.69 Å². The highest BCUT2D eigenvalue weighted by atomic mass is 35.5. The number of nitrogens with zero attached hydrogens (tertiary/aromatic N) is 7. The van der Waals surface area contributed by atoms with Gasteiger partial charge in [0.05, 0.1) is 42.6 Å². The molecule has 32 heavy (non-hydrogen) atoms. The lowest BCUT2D eigenvalue weighted by atomic mass is 10.2. The maximum absolute atomic E-state index is 11.1. The molecule has 0 saturated carbocycles. The van der Waals surface area contributed by atoms with Crippen molar-refractivity contribution >= 4 is 52.9 Å². The average Bonchev–Trinajstić information content (AvgIpc) is 2.81. The first-order chi connectivity index (χ1) is 15.5. The molecule has 0 radical (unpaired) electrons. The summed E-state index contributed by atoms with van der Waals surface area (Å²) in [6, 6.07) is 2.56. The molecule has 2 aromatic rings. The summed E-state index contributed by atoms with van der Waals surface area (Å²) < 4.78 is 10.8. The molecule has 0 bridgehead atoms. The van der Waals surface area contributed by atoms with Gasteiger partial charge in [-0.15, -0.1) is 0 Å². The van der Waals surface area contributed by atoms with Crippen molar-refractivity contribution in [2.75, 3.05) is 67.8 Å². The van der Waals surface area contributed by atoms with Crippen molar-refractivity contribution in [3.05, 3.63) is 37.9 Å². The first-order valence-electron chi connectivity index (χ1n) is 9.85. The van der Waals surface area contributed by atoms with E-state index in [-0.39, 0.29) is 21.7 Å². The van der Waals surface area contributed by atoms with E-state index in [0.29, 0.717) is 70.1 Å². The monoisotopic (exact) mass is 482 g/mol. The van der Waals surface area contributed by atoms with Crippen molar-refractivity contribution in [3.63, 3.8) is 0 Å². The predicted molar refractivity (Wildman–Crippen MR) is 120 cm³/mol. The number of hydrogen-bond donors (Lipinski definition) is 1. The van der Waals surface area contributed by atoms with Gasteiger partial charge in [-0.25, -0.2) is 5.43 Å². The van der Waals surface area contributed by atoms with Crippen LogP contribution in [0.3, 0.4) is 0 Å². The second-order valence-electron chi connectivity index (χ2n) is 6.91. The third-order valence-electron chi connectivity index (χ3n) is 4.83. The molecule has 1 aromatic heterocycles. The number of halogens is 2. The minimum Gasteiger partial charge on any atom is -0.378 e. The number of nitrogens with one attached hydrogen (secondary N) is 1. The Hall–Kier alpha value is -2.80. The standard InChI is InChI=1S/C18H20Cl2N8O4/c19-13-10-14(20)15(28(29)30)9-12(13)11-21-25-16-22-17(26-1-5-31-6-2-26)24-18(23-16)27-3-7-32-8-4-27/h9-11H,1-8H2,(H,22,23,24,25)/b21-11+. The molecule has 0 unspecified atom stereocenters. The molecule has 0 aliphatic carbocycles. The lowest BCUT2D eigenvalue weighted by Crippen LogP contribution is -2.40. The van der Waals surface area contributed by atoms with Crippen LogP contribution in [0.15, 0.2) is 17.2 Å². The number of rotatable bonds is 6. The van der Waals surface area contributed by atoms with Gasteiger partial charge in [0.1, 0.15) is 5.02 Å². The molecule has 2 saturated heterocycles. The summed E-state index contributed by atoms with van der Waals surface area (Å²) in [6.45, 7) is 5.03. The Balaban J connectivity index is 1.58. The van der Waals surface area contributed by atoms with Gasteiger partial charge in [-0.05, 0) is 6.07 Å². The predicted octanol–water partition coefficient (Wildman–Crippen LogP) is 2.21. The fourth-order valence-electron chi connectivity index (χ4n) is 3.17. The molecule has 170 valence electrons. The number of aromatic nitrogens is 3. The van der Waals surface area contributed by atoms with E-state index in [9.17, 15) is 10.1 Å². The maximum Gasteiger partial charge on any atom is 0.288 e. The third kappa shape index (κ3) is 5.33. The van der Waals surface area contributed by atoms with Crippen LogP contribution in [-0.4, -0.2) is 78.7 Å². The van der Waals surface area contributed by atoms with E-state index in [0.717, 1.165) is 0 Å². The van der Waals surface area contributed by atoms with Crippen molar-refractivity contribution in [1.29, 1.82) is 0 Å². The summed E-state index contributed by atoms with van der Waals surface area (Å²) in [5.41, 5.74) is 2.84. The highest BCUT2D eigenvalue weighted by Gasteiger charge is 2.21. The maximum atomic E-state index is 11.1. The third-order valence-corrected chi connectivity index (χ3v) is 5.46. The molecule has 12 nitrogen and oxygen atoms in total. The number of hydrazone groups is 1. The van der Waals surface area contributed by atoms with Crippen LogP contribution in [0.2, 0.25) is 10.0 Å². The molecule has 1 N–H and O–H groups in total. The second-order valence-corrected chi connectivity index (χ2v) is 7.72. The quantitative estimate of drug-likeness (QED) is 0.371. The Labute approximate surface area is 193 Å².